The van der Waals surface area contributed by atoms with Gasteiger partial charge in [-0.15, -0.1) is 37.2 Å². The van der Waals surface area contributed by atoms with Gasteiger partial charge in [0.15, 0.2) is 0 Å². The van der Waals surface area contributed by atoms with Crippen molar-refractivity contribution >= 4 is 43.1 Å². The van der Waals surface area contributed by atoms with Gasteiger partial charge in [-0.1, -0.05) is 36.4 Å². The third-order valence-electron chi connectivity index (χ3n) is 2.73. The molecule has 2 rings (SSSR count). The van der Waals surface area contributed by atoms with Gasteiger partial charge in [-0.25, -0.2) is 0 Å². The van der Waals surface area contributed by atoms with E-state index in [0.717, 1.165) is 22.4 Å². The predicted octanol–water partition coefficient (Wildman–Crippen LogP) is 4.12. The molecule has 0 amide bonds. The molecule has 0 aliphatic carbocycles. The standard InChI is InChI=1S/C15H16N2O.3ClH/c1-11-9-12(7-8-14(11)15(16)17)10-18-13-5-3-2-4-6-13;;;/h2-9H,10H2,1H3,(H3,16,17);3*1H. The third kappa shape index (κ3) is 6.25. The van der Waals surface area contributed by atoms with Crippen molar-refractivity contribution in [1.29, 1.82) is 5.41 Å². The molecule has 0 spiro atoms. The second-order valence-corrected chi connectivity index (χ2v) is 4.16. The quantitative estimate of drug-likeness (QED) is 0.644. The van der Waals surface area contributed by atoms with E-state index in [0.29, 0.717) is 6.61 Å². The number of aryl methyl sites for hydroxylation is 1. The maximum absolute atomic E-state index is 7.43. The number of benzene rings is 2. The van der Waals surface area contributed by atoms with E-state index in [1.165, 1.54) is 0 Å². The number of hydrogen-bond donors (Lipinski definition) is 2. The van der Waals surface area contributed by atoms with E-state index in [1.807, 2.05) is 55.5 Å². The van der Waals surface area contributed by atoms with Crippen LogP contribution in [0.15, 0.2) is 48.5 Å². The van der Waals surface area contributed by atoms with Crippen LogP contribution in [0.4, 0.5) is 0 Å². The van der Waals surface area contributed by atoms with Gasteiger partial charge in [0.05, 0.1) is 0 Å². The van der Waals surface area contributed by atoms with Crippen molar-refractivity contribution in [2.45, 2.75) is 13.5 Å². The number of nitrogen functional groups attached to an aromatic ring is 1. The molecule has 0 radical (unpaired) electrons. The molecule has 0 heterocycles. The van der Waals surface area contributed by atoms with Crippen LogP contribution >= 0.6 is 37.2 Å². The number of nitrogens with two attached hydrogens (primary N) is 1. The van der Waals surface area contributed by atoms with Crippen molar-refractivity contribution < 1.29 is 4.74 Å². The van der Waals surface area contributed by atoms with Crippen molar-refractivity contribution in [1.82, 2.24) is 0 Å². The molecule has 0 aliphatic rings. The molecule has 0 fully saturated rings. The molecule has 0 aliphatic heterocycles. The van der Waals surface area contributed by atoms with Gasteiger partial charge in [-0.2, -0.15) is 0 Å². The Morgan fingerprint density at radius 3 is 2.19 bits per heavy atom. The van der Waals surface area contributed by atoms with E-state index in [1.54, 1.807) is 0 Å². The molecular formula is C15H19Cl3N2O. The minimum Gasteiger partial charge on any atom is -0.489 e. The maximum atomic E-state index is 7.43. The topological polar surface area (TPSA) is 59.1 Å². The van der Waals surface area contributed by atoms with Gasteiger partial charge >= 0.3 is 0 Å². The highest BCUT2D eigenvalue weighted by molar-refractivity contribution is 5.96. The van der Waals surface area contributed by atoms with E-state index in [-0.39, 0.29) is 43.1 Å². The zero-order valence-electron chi connectivity index (χ0n) is 11.5. The van der Waals surface area contributed by atoms with E-state index in [4.69, 9.17) is 15.9 Å². The first-order chi connectivity index (χ1) is 8.66. The highest BCUT2D eigenvalue weighted by Crippen LogP contribution is 2.14. The largest absolute Gasteiger partial charge is 0.489 e. The van der Waals surface area contributed by atoms with Gasteiger partial charge < -0.3 is 10.5 Å². The van der Waals surface area contributed by atoms with E-state index < -0.39 is 0 Å². The number of halogens is 3. The van der Waals surface area contributed by atoms with E-state index >= 15 is 0 Å². The van der Waals surface area contributed by atoms with Gasteiger partial charge in [0.25, 0.3) is 0 Å². The van der Waals surface area contributed by atoms with Gasteiger partial charge in [-0.05, 0) is 30.2 Å². The van der Waals surface area contributed by atoms with Crippen LogP contribution in [0.3, 0.4) is 0 Å². The molecule has 0 saturated carbocycles. The SMILES string of the molecule is Cc1cc(COc2ccccc2)ccc1C(=N)N.Cl.Cl.Cl. The summed E-state index contributed by atoms with van der Waals surface area (Å²) < 4.78 is 5.66. The first-order valence-electron chi connectivity index (χ1n) is 5.78. The average Bonchev–Trinajstić information content (AvgIpc) is 2.37. The summed E-state index contributed by atoms with van der Waals surface area (Å²) >= 11 is 0. The van der Waals surface area contributed by atoms with Crippen molar-refractivity contribution in [2.75, 3.05) is 0 Å². The van der Waals surface area contributed by atoms with E-state index in [9.17, 15) is 0 Å². The Morgan fingerprint density at radius 1 is 1.05 bits per heavy atom. The summed E-state index contributed by atoms with van der Waals surface area (Å²) in [5.74, 6) is 0.953. The molecule has 3 N–H and O–H groups in total. The van der Waals surface area contributed by atoms with E-state index in [2.05, 4.69) is 0 Å². The summed E-state index contributed by atoms with van der Waals surface area (Å²) in [6.45, 7) is 2.46. The Balaban J connectivity index is 0. The van der Waals surface area contributed by atoms with Crippen molar-refractivity contribution in [3.8, 4) is 5.75 Å². The number of rotatable bonds is 4. The molecule has 0 bridgehead atoms. The molecule has 6 heteroatoms. The van der Waals surface area contributed by atoms with Crippen LogP contribution in [0.2, 0.25) is 0 Å². The number of amidine groups is 1. The van der Waals surface area contributed by atoms with Crippen LogP contribution in [-0.4, -0.2) is 5.84 Å². The fourth-order valence-electron chi connectivity index (χ4n) is 1.80. The van der Waals surface area contributed by atoms with Gasteiger partial charge in [0.1, 0.15) is 18.2 Å². The average molecular weight is 350 g/mol. The lowest BCUT2D eigenvalue weighted by molar-refractivity contribution is 0.306. The highest BCUT2D eigenvalue weighted by Gasteiger charge is 2.03. The zero-order chi connectivity index (χ0) is 13.0. The highest BCUT2D eigenvalue weighted by atomic mass is 35.5. The molecule has 116 valence electrons. The minimum atomic E-state index is 0. The van der Waals surface area contributed by atoms with Crippen molar-refractivity contribution in [3.63, 3.8) is 0 Å². The fourth-order valence-corrected chi connectivity index (χ4v) is 1.80. The lowest BCUT2D eigenvalue weighted by Gasteiger charge is -2.09. The van der Waals surface area contributed by atoms with Crippen LogP contribution in [-0.2, 0) is 6.61 Å². The molecule has 0 unspecified atom stereocenters. The summed E-state index contributed by atoms with van der Waals surface area (Å²) in [6.07, 6.45) is 0. The molecule has 0 aromatic heterocycles. The van der Waals surface area contributed by atoms with Crippen LogP contribution in [0.1, 0.15) is 16.7 Å². The van der Waals surface area contributed by atoms with Gasteiger partial charge in [0.2, 0.25) is 0 Å². The third-order valence-corrected chi connectivity index (χ3v) is 2.73. The lowest BCUT2D eigenvalue weighted by Crippen LogP contribution is -2.13. The monoisotopic (exact) mass is 348 g/mol. The van der Waals surface area contributed by atoms with Crippen LogP contribution in [0, 0.1) is 12.3 Å². The Labute approximate surface area is 143 Å². The molecule has 2 aromatic carbocycles. The van der Waals surface area contributed by atoms with Crippen molar-refractivity contribution in [3.05, 3.63) is 65.2 Å². The number of para-hydroxylation sites is 1. The predicted molar refractivity (Wildman–Crippen MR) is 94.7 cm³/mol. The molecule has 2 aromatic rings. The lowest BCUT2D eigenvalue weighted by atomic mass is 10.0. The Kier molecular flexibility index (Phi) is 10.8. The van der Waals surface area contributed by atoms with Gasteiger partial charge in [-0.3, -0.25) is 5.41 Å². The Morgan fingerprint density at radius 2 is 1.67 bits per heavy atom. The minimum absolute atomic E-state index is 0. The second-order valence-electron chi connectivity index (χ2n) is 4.16. The molecule has 0 atom stereocenters. The Hall–Kier alpha value is -1.42. The van der Waals surface area contributed by atoms with Crippen LogP contribution in [0.25, 0.3) is 0 Å². The maximum Gasteiger partial charge on any atom is 0.123 e. The number of ether oxygens (including phenoxy) is 1. The summed E-state index contributed by atoms with van der Waals surface area (Å²) in [5.41, 5.74) is 8.33. The fraction of sp³-hybridized carbons (Fsp3) is 0.133. The summed E-state index contributed by atoms with van der Waals surface area (Å²) in [6, 6.07) is 15.5. The van der Waals surface area contributed by atoms with Gasteiger partial charge in [0, 0.05) is 5.56 Å². The van der Waals surface area contributed by atoms with Crippen LogP contribution in [0.5, 0.6) is 5.75 Å². The molecule has 3 nitrogen and oxygen atoms in total. The van der Waals surface area contributed by atoms with Crippen molar-refractivity contribution in [2.24, 2.45) is 5.73 Å². The Bertz CT molecular complexity index is 562. The molecule has 0 saturated heterocycles. The summed E-state index contributed by atoms with van der Waals surface area (Å²) in [7, 11) is 0. The number of hydrogen-bond acceptors (Lipinski definition) is 2. The zero-order valence-corrected chi connectivity index (χ0v) is 14.0. The first-order valence-corrected chi connectivity index (χ1v) is 5.78. The van der Waals surface area contributed by atoms with Crippen LogP contribution < -0.4 is 10.5 Å². The summed E-state index contributed by atoms with van der Waals surface area (Å²) in [5, 5.41) is 7.43. The molecular weight excluding hydrogens is 331 g/mol. The normalized spacial score (nSPS) is 8.62. The second kappa shape index (κ2) is 10.3. The summed E-state index contributed by atoms with van der Waals surface area (Å²) in [4.78, 5) is 0. The molecule has 21 heavy (non-hydrogen) atoms. The first kappa shape index (κ1) is 21.9. The smallest absolute Gasteiger partial charge is 0.123 e. The number of nitrogens with one attached hydrogen (secondary N) is 1.